The van der Waals surface area contributed by atoms with Crippen molar-refractivity contribution in [2.75, 3.05) is 7.11 Å². The maximum atomic E-state index is 13.1. The fourth-order valence-electron chi connectivity index (χ4n) is 0.922. The summed E-state index contributed by atoms with van der Waals surface area (Å²) in [7, 11) is 1.27. The molecule has 1 aromatic rings. The van der Waals surface area contributed by atoms with Crippen LogP contribution in [-0.4, -0.2) is 7.11 Å². The molecule has 0 spiro atoms. The molecule has 0 aliphatic heterocycles. The van der Waals surface area contributed by atoms with Gasteiger partial charge in [0.25, 0.3) is 0 Å². The molecule has 0 heterocycles. The molecule has 78 valence electrons. The Labute approximate surface area is 83.6 Å². The van der Waals surface area contributed by atoms with Crippen molar-refractivity contribution < 1.29 is 18.0 Å². The van der Waals surface area contributed by atoms with E-state index in [9.17, 15) is 13.2 Å². The Balaban J connectivity index is 3.11. The first kappa shape index (κ1) is 11.3. The molecule has 0 atom stereocenters. The Morgan fingerprint density at radius 1 is 1.36 bits per heavy atom. The van der Waals surface area contributed by atoms with Crippen molar-refractivity contribution in [2.45, 2.75) is 6.54 Å². The predicted molar refractivity (Wildman–Crippen MR) is 45.2 cm³/mol. The van der Waals surface area contributed by atoms with Gasteiger partial charge in [-0.15, -0.1) is 0 Å². The minimum absolute atomic E-state index is 0.300. The van der Waals surface area contributed by atoms with Crippen molar-refractivity contribution in [1.82, 2.24) is 5.48 Å². The number of hydrogen-bond acceptors (Lipinski definition) is 2. The van der Waals surface area contributed by atoms with E-state index in [4.69, 9.17) is 11.6 Å². The predicted octanol–water partition coefficient (Wildman–Crippen LogP) is 2.41. The molecule has 14 heavy (non-hydrogen) atoms. The van der Waals surface area contributed by atoms with Gasteiger partial charge >= 0.3 is 0 Å². The number of nitrogens with one attached hydrogen (secondary N) is 1. The molecule has 2 nitrogen and oxygen atoms in total. The van der Waals surface area contributed by atoms with E-state index in [0.29, 0.717) is 6.07 Å². The van der Waals surface area contributed by atoms with E-state index >= 15 is 0 Å². The Bertz CT molecular complexity index is 320. The van der Waals surface area contributed by atoms with Crippen molar-refractivity contribution in [1.29, 1.82) is 0 Å². The Morgan fingerprint density at radius 2 is 2.00 bits per heavy atom. The Morgan fingerprint density at radius 3 is 2.57 bits per heavy atom. The van der Waals surface area contributed by atoms with Crippen LogP contribution in [0.3, 0.4) is 0 Å². The second kappa shape index (κ2) is 4.63. The lowest BCUT2D eigenvalue weighted by Crippen LogP contribution is -2.14. The van der Waals surface area contributed by atoms with Crippen LogP contribution in [0.5, 0.6) is 0 Å². The first-order valence-corrected chi connectivity index (χ1v) is 4.03. The highest BCUT2D eigenvalue weighted by Crippen LogP contribution is 2.23. The minimum atomic E-state index is -1.27. The van der Waals surface area contributed by atoms with E-state index < -0.39 is 28.0 Å². The molecule has 0 bridgehead atoms. The summed E-state index contributed by atoms with van der Waals surface area (Å²) in [6, 6.07) is 0.586. The van der Waals surface area contributed by atoms with E-state index in [2.05, 4.69) is 10.3 Å². The standard InChI is InChI=1S/C8H7ClF3NO/c1-14-13-3-4-7(11)5(9)2-6(10)8(4)12/h2,13H,3H2,1H3. The zero-order valence-electron chi connectivity index (χ0n) is 7.20. The maximum Gasteiger partial charge on any atom is 0.166 e. The average Bonchev–Trinajstić information content (AvgIpc) is 2.15. The molecule has 0 aliphatic rings. The summed E-state index contributed by atoms with van der Waals surface area (Å²) in [5.41, 5.74) is 1.71. The van der Waals surface area contributed by atoms with Gasteiger partial charge in [-0.1, -0.05) is 11.6 Å². The van der Waals surface area contributed by atoms with Crippen LogP contribution >= 0.6 is 11.6 Å². The van der Waals surface area contributed by atoms with Gasteiger partial charge in [-0.2, -0.15) is 5.48 Å². The van der Waals surface area contributed by atoms with Gasteiger partial charge in [-0.25, -0.2) is 13.2 Å². The lowest BCUT2D eigenvalue weighted by molar-refractivity contribution is 0.0849. The molecule has 1 N–H and O–H groups in total. The van der Waals surface area contributed by atoms with Crippen LogP contribution in [0.1, 0.15) is 5.56 Å². The smallest absolute Gasteiger partial charge is 0.166 e. The van der Waals surface area contributed by atoms with Crippen molar-refractivity contribution in [2.24, 2.45) is 0 Å². The van der Waals surface area contributed by atoms with Crippen LogP contribution in [0.2, 0.25) is 5.02 Å². The van der Waals surface area contributed by atoms with Gasteiger partial charge in [0.05, 0.1) is 18.7 Å². The highest BCUT2D eigenvalue weighted by atomic mass is 35.5. The molecule has 6 heteroatoms. The third-order valence-corrected chi connectivity index (χ3v) is 1.87. The van der Waals surface area contributed by atoms with Crippen molar-refractivity contribution in [3.63, 3.8) is 0 Å². The van der Waals surface area contributed by atoms with Crippen LogP contribution in [0.4, 0.5) is 13.2 Å². The van der Waals surface area contributed by atoms with Crippen LogP contribution in [0.25, 0.3) is 0 Å². The fourth-order valence-corrected chi connectivity index (χ4v) is 1.13. The fraction of sp³-hybridized carbons (Fsp3) is 0.250. The third-order valence-electron chi connectivity index (χ3n) is 1.60. The number of rotatable bonds is 3. The Hall–Kier alpha value is -0.780. The molecular weight excluding hydrogens is 219 g/mol. The average molecular weight is 226 g/mol. The molecule has 0 fully saturated rings. The topological polar surface area (TPSA) is 21.3 Å². The molecule has 1 aromatic carbocycles. The number of benzene rings is 1. The highest BCUT2D eigenvalue weighted by molar-refractivity contribution is 6.30. The van der Waals surface area contributed by atoms with Gasteiger partial charge in [0.1, 0.15) is 5.82 Å². The first-order chi connectivity index (χ1) is 6.57. The minimum Gasteiger partial charge on any atom is -0.305 e. The van der Waals surface area contributed by atoms with Gasteiger partial charge in [-0.05, 0) is 6.07 Å². The van der Waals surface area contributed by atoms with Crippen LogP contribution in [0, 0.1) is 17.5 Å². The summed E-state index contributed by atoms with van der Waals surface area (Å²) in [5.74, 6) is -3.45. The van der Waals surface area contributed by atoms with Crippen LogP contribution < -0.4 is 5.48 Å². The summed E-state index contributed by atoms with van der Waals surface area (Å²) < 4.78 is 38.9. The second-order valence-electron chi connectivity index (χ2n) is 2.47. The molecule has 1 rings (SSSR count). The zero-order chi connectivity index (χ0) is 10.7. The quantitative estimate of drug-likeness (QED) is 0.630. The number of halogens is 4. The molecular formula is C8H7ClF3NO. The Kier molecular flexibility index (Phi) is 3.74. The molecule has 0 saturated heterocycles. The van der Waals surface area contributed by atoms with Gasteiger partial charge in [0, 0.05) is 5.56 Å². The van der Waals surface area contributed by atoms with E-state index in [0.717, 1.165) is 0 Å². The SMILES string of the molecule is CONCc1c(F)c(F)cc(Cl)c1F. The summed E-state index contributed by atoms with van der Waals surface area (Å²) in [6.45, 7) is -0.300. The van der Waals surface area contributed by atoms with Gasteiger partial charge < -0.3 is 4.84 Å². The number of hydroxylamine groups is 1. The van der Waals surface area contributed by atoms with Crippen molar-refractivity contribution in [3.05, 3.63) is 34.1 Å². The highest BCUT2D eigenvalue weighted by Gasteiger charge is 2.17. The zero-order valence-corrected chi connectivity index (χ0v) is 7.96. The molecule has 0 radical (unpaired) electrons. The molecule has 0 unspecified atom stereocenters. The molecule has 0 amide bonds. The number of hydrogen-bond donors (Lipinski definition) is 1. The largest absolute Gasteiger partial charge is 0.305 e. The molecule has 0 aromatic heterocycles. The molecule has 0 saturated carbocycles. The third kappa shape index (κ3) is 2.17. The summed E-state index contributed by atoms with van der Waals surface area (Å²) in [6.07, 6.45) is 0. The maximum absolute atomic E-state index is 13.1. The lowest BCUT2D eigenvalue weighted by Gasteiger charge is -2.07. The second-order valence-corrected chi connectivity index (χ2v) is 2.88. The van der Waals surface area contributed by atoms with Crippen LogP contribution in [0.15, 0.2) is 6.07 Å². The normalized spacial score (nSPS) is 10.6. The van der Waals surface area contributed by atoms with E-state index in [-0.39, 0.29) is 6.54 Å². The van der Waals surface area contributed by atoms with Crippen LogP contribution in [-0.2, 0) is 11.4 Å². The van der Waals surface area contributed by atoms with E-state index in [1.54, 1.807) is 0 Å². The first-order valence-electron chi connectivity index (χ1n) is 3.65. The lowest BCUT2D eigenvalue weighted by atomic mass is 10.2. The van der Waals surface area contributed by atoms with E-state index in [1.165, 1.54) is 7.11 Å². The van der Waals surface area contributed by atoms with E-state index in [1.807, 2.05) is 0 Å². The summed E-state index contributed by atoms with van der Waals surface area (Å²) in [5, 5.41) is -0.461. The van der Waals surface area contributed by atoms with Crippen molar-refractivity contribution in [3.8, 4) is 0 Å². The summed E-state index contributed by atoms with van der Waals surface area (Å²) >= 11 is 5.32. The molecule has 0 aliphatic carbocycles. The van der Waals surface area contributed by atoms with Gasteiger partial charge in [-0.3, -0.25) is 0 Å². The monoisotopic (exact) mass is 225 g/mol. The van der Waals surface area contributed by atoms with Gasteiger partial charge in [0.2, 0.25) is 0 Å². The van der Waals surface area contributed by atoms with Crippen molar-refractivity contribution >= 4 is 11.6 Å². The summed E-state index contributed by atoms with van der Waals surface area (Å²) in [4.78, 5) is 4.39. The van der Waals surface area contributed by atoms with Gasteiger partial charge in [0.15, 0.2) is 11.6 Å².